The Labute approximate surface area is 76.4 Å². The molecule has 0 atom stereocenters. The Morgan fingerprint density at radius 2 is 1.58 bits per heavy atom. The van der Waals surface area contributed by atoms with Crippen LogP contribution in [0, 0.1) is 5.41 Å². The van der Waals surface area contributed by atoms with E-state index in [1.54, 1.807) is 0 Å². The fourth-order valence-electron chi connectivity index (χ4n) is 0.832. The molecule has 0 radical (unpaired) electrons. The molecule has 74 valence electrons. The first-order chi connectivity index (χ1) is 5.27. The smallest absolute Gasteiger partial charge is 0.0607 e. The maximum atomic E-state index is 8.96. The zero-order valence-corrected chi connectivity index (χ0v) is 9.07. The minimum absolute atomic E-state index is 0.134. The van der Waals surface area contributed by atoms with E-state index in [1.165, 1.54) is 0 Å². The van der Waals surface area contributed by atoms with Crippen LogP contribution in [0.2, 0.25) is 0 Å². The molecule has 0 spiro atoms. The van der Waals surface area contributed by atoms with Gasteiger partial charge < -0.3 is 10.4 Å². The fraction of sp³-hybridized carbons (Fsp3) is 1.00. The maximum absolute atomic E-state index is 8.96. The molecule has 0 aliphatic rings. The van der Waals surface area contributed by atoms with Gasteiger partial charge in [0.15, 0.2) is 0 Å². The maximum Gasteiger partial charge on any atom is 0.0607 e. The average Bonchev–Trinajstić information content (AvgIpc) is 1.84. The zero-order chi connectivity index (χ0) is 9.83. The number of hydrogen-bond donors (Lipinski definition) is 2. The van der Waals surface area contributed by atoms with Crippen LogP contribution >= 0.6 is 0 Å². The van der Waals surface area contributed by atoms with Crippen molar-refractivity contribution in [3.63, 3.8) is 0 Å². The summed E-state index contributed by atoms with van der Waals surface area (Å²) in [6.07, 6.45) is 1.14. The van der Waals surface area contributed by atoms with Crippen molar-refractivity contribution in [1.29, 1.82) is 0 Å². The van der Waals surface area contributed by atoms with Gasteiger partial charge in [-0.3, -0.25) is 0 Å². The van der Waals surface area contributed by atoms with Crippen LogP contribution in [-0.2, 0) is 0 Å². The van der Waals surface area contributed by atoms with Crippen molar-refractivity contribution in [1.82, 2.24) is 5.32 Å². The predicted molar refractivity (Wildman–Crippen MR) is 53.2 cm³/mol. The summed E-state index contributed by atoms with van der Waals surface area (Å²) in [5.41, 5.74) is 0.240. The van der Waals surface area contributed by atoms with Gasteiger partial charge in [-0.05, 0) is 32.2 Å². The van der Waals surface area contributed by atoms with Crippen LogP contribution in [0.3, 0.4) is 0 Å². The minimum Gasteiger partial charge on any atom is -0.394 e. The lowest BCUT2D eigenvalue weighted by Gasteiger charge is -2.26. The van der Waals surface area contributed by atoms with E-state index in [4.69, 9.17) is 5.11 Å². The Morgan fingerprint density at radius 1 is 1.08 bits per heavy atom. The Bertz CT molecular complexity index is 124. The third-order valence-electron chi connectivity index (χ3n) is 1.87. The molecule has 2 N–H and O–H groups in total. The Morgan fingerprint density at radius 3 is 1.92 bits per heavy atom. The summed E-state index contributed by atoms with van der Waals surface area (Å²) in [5.74, 6) is 0. The van der Waals surface area contributed by atoms with E-state index in [-0.39, 0.29) is 12.1 Å². The summed E-state index contributed by atoms with van der Waals surface area (Å²) < 4.78 is 0. The SMILES string of the molecule is CC(C)(C)CCNC(C)(C)CO. The highest BCUT2D eigenvalue weighted by Gasteiger charge is 2.16. The molecule has 0 rings (SSSR count). The van der Waals surface area contributed by atoms with Crippen molar-refractivity contribution in [2.75, 3.05) is 13.2 Å². The van der Waals surface area contributed by atoms with E-state index in [1.807, 2.05) is 13.8 Å². The zero-order valence-electron chi connectivity index (χ0n) is 9.07. The molecule has 0 aromatic carbocycles. The first-order valence-corrected chi connectivity index (χ1v) is 4.63. The molecule has 0 amide bonds. The van der Waals surface area contributed by atoms with Crippen molar-refractivity contribution in [2.24, 2.45) is 5.41 Å². The van der Waals surface area contributed by atoms with Crippen LogP contribution in [0.5, 0.6) is 0 Å². The van der Waals surface area contributed by atoms with Gasteiger partial charge in [-0.15, -0.1) is 0 Å². The molecule has 0 unspecified atom stereocenters. The Hall–Kier alpha value is -0.0800. The first-order valence-electron chi connectivity index (χ1n) is 4.63. The highest BCUT2D eigenvalue weighted by molar-refractivity contribution is 4.76. The van der Waals surface area contributed by atoms with E-state index in [0.717, 1.165) is 13.0 Å². The summed E-state index contributed by atoms with van der Waals surface area (Å²) in [4.78, 5) is 0. The van der Waals surface area contributed by atoms with E-state index >= 15 is 0 Å². The summed E-state index contributed by atoms with van der Waals surface area (Å²) >= 11 is 0. The van der Waals surface area contributed by atoms with Gasteiger partial charge in [-0.1, -0.05) is 20.8 Å². The van der Waals surface area contributed by atoms with Gasteiger partial charge in [0.05, 0.1) is 6.61 Å². The molecule has 2 nitrogen and oxygen atoms in total. The number of hydrogen-bond acceptors (Lipinski definition) is 2. The lowest BCUT2D eigenvalue weighted by atomic mass is 9.92. The van der Waals surface area contributed by atoms with Gasteiger partial charge in [0.1, 0.15) is 0 Å². The average molecular weight is 173 g/mol. The summed E-state index contributed by atoms with van der Waals surface area (Å²) in [5, 5.41) is 12.3. The number of aliphatic hydroxyl groups excluding tert-OH is 1. The second kappa shape index (κ2) is 4.24. The lowest BCUT2D eigenvalue weighted by Crippen LogP contribution is -2.43. The highest BCUT2D eigenvalue weighted by atomic mass is 16.3. The van der Waals surface area contributed by atoms with Gasteiger partial charge in [0, 0.05) is 5.54 Å². The molecular formula is C10H23NO. The van der Waals surface area contributed by atoms with Crippen molar-refractivity contribution < 1.29 is 5.11 Å². The van der Waals surface area contributed by atoms with Crippen LogP contribution in [-0.4, -0.2) is 23.8 Å². The minimum atomic E-state index is -0.134. The third-order valence-corrected chi connectivity index (χ3v) is 1.87. The third kappa shape index (κ3) is 6.62. The van der Waals surface area contributed by atoms with Gasteiger partial charge >= 0.3 is 0 Å². The number of nitrogens with one attached hydrogen (secondary N) is 1. The number of aliphatic hydroxyl groups is 1. The van der Waals surface area contributed by atoms with Crippen molar-refractivity contribution in [3.05, 3.63) is 0 Å². The predicted octanol–water partition coefficient (Wildman–Crippen LogP) is 1.78. The van der Waals surface area contributed by atoms with Crippen LogP contribution in [0.15, 0.2) is 0 Å². The normalized spacial score (nSPS) is 13.5. The van der Waals surface area contributed by atoms with Crippen molar-refractivity contribution >= 4 is 0 Å². The van der Waals surface area contributed by atoms with Crippen LogP contribution in [0.25, 0.3) is 0 Å². The molecule has 0 aromatic rings. The standard InChI is InChI=1S/C10H23NO/c1-9(2,3)6-7-11-10(4,5)8-12/h11-12H,6-8H2,1-5H3. The van der Waals surface area contributed by atoms with Gasteiger partial charge in [0.2, 0.25) is 0 Å². The van der Waals surface area contributed by atoms with E-state index in [0.29, 0.717) is 5.41 Å². The summed E-state index contributed by atoms with van der Waals surface area (Å²) in [6, 6.07) is 0. The van der Waals surface area contributed by atoms with Crippen LogP contribution in [0.4, 0.5) is 0 Å². The number of rotatable bonds is 4. The Balaban J connectivity index is 3.57. The van der Waals surface area contributed by atoms with Gasteiger partial charge in [-0.2, -0.15) is 0 Å². The lowest BCUT2D eigenvalue weighted by molar-refractivity contribution is 0.183. The van der Waals surface area contributed by atoms with E-state index in [2.05, 4.69) is 26.1 Å². The fourth-order valence-corrected chi connectivity index (χ4v) is 0.832. The second-order valence-electron chi connectivity index (χ2n) is 5.28. The molecule has 0 saturated carbocycles. The largest absolute Gasteiger partial charge is 0.394 e. The molecule has 0 heterocycles. The topological polar surface area (TPSA) is 32.3 Å². The van der Waals surface area contributed by atoms with Gasteiger partial charge in [0.25, 0.3) is 0 Å². The molecular weight excluding hydrogens is 150 g/mol. The highest BCUT2D eigenvalue weighted by Crippen LogP contribution is 2.17. The van der Waals surface area contributed by atoms with E-state index < -0.39 is 0 Å². The molecule has 0 aromatic heterocycles. The van der Waals surface area contributed by atoms with Crippen molar-refractivity contribution in [2.45, 2.75) is 46.6 Å². The monoisotopic (exact) mass is 173 g/mol. The van der Waals surface area contributed by atoms with Gasteiger partial charge in [-0.25, -0.2) is 0 Å². The second-order valence-corrected chi connectivity index (χ2v) is 5.28. The molecule has 0 aliphatic carbocycles. The van der Waals surface area contributed by atoms with Crippen molar-refractivity contribution in [3.8, 4) is 0 Å². The molecule has 0 saturated heterocycles. The Kier molecular flexibility index (Phi) is 4.21. The molecule has 12 heavy (non-hydrogen) atoms. The molecule has 2 heteroatoms. The van der Waals surface area contributed by atoms with Crippen LogP contribution < -0.4 is 5.32 Å². The van der Waals surface area contributed by atoms with Crippen LogP contribution in [0.1, 0.15) is 41.0 Å². The molecule has 0 aliphatic heterocycles. The molecule has 0 fully saturated rings. The van der Waals surface area contributed by atoms with E-state index in [9.17, 15) is 0 Å². The summed E-state index contributed by atoms with van der Waals surface area (Å²) in [7, 11) is 0. The summed E-state index contributed by atoms with van der Waals surface area (Å²) in [6.45, 7) is 11.8. The molecule has 0 bridgehead atoms. The first kappa shape index (κ1) is 11.9. The quantitative estimate of drug-likeness (QED) is 0.679.